The van der Waals surface area contributed by atoms with Gasteiger partial charge in [0.05, 0.1) is 16.6 Å². The van der Waals surface area contributed by atoms with Crippen LogP contribution in [0.3, 0.4) is 0 Å². The highest BCUT2D eigenvalue weighted by Crippen LogP contribution is 2.49. The smallest absolute Gasteiger partial charge is 0.272 e. The second-order valence-corrected chi connectivity index (χ2v) is 13.9. The molecule has 0 saturated heterocycles. The number of hydrogen-bond acceptors (Lipinski definition) is 5. The molecular weight excluding hydrogens is 690 g/mol. The summed E-state index contributed by atoms with van der Waals surface area (Å²) in [4.78, 5) is 45.6. The number of nitrogens with one attached hydrogen (secondary N) is 2. The first kappa shape index (κ1) is 32.4. The van der Waals surface area contributed by atoms with E-state index in [1.54, 1.807) is 48.2 Å². The second kappa shape index (κ2) is 14.9. The van der Waals surface area contributed by atoms with E-state index in [9.17, 15) is 14.4 Å². The summed E-state index contributed by atoms with van der Waals surface area (Å²) in [6, 6.07) is 39.5. The lowest BCUT2D eigenvalue weighted by Gasteiger charge is -2.33. The zero-order valence-corrected chi connectivity index (χ0v) is 28.6. The van der Waals surface area contributed by atoms with Gasteiger partial charge < -0.3 is 10.6 Å². The highest BCUT2D eigenvalue weighted by molar-refractivity contribution is 9.10. The van der Waals surface area contributed by atoms with Crippen molar-refractivity contribution in [2.24, 2.45) is 0 Å². The van der Waals surface area contributed by atoms with Gasteiger partial charge in [0, 0.05) is 30.4 Å². The number of thioether (sulfide) groups is 1. The Morgan fingerprint density at radius 1 is 0.809 bits per heavy atom. The Balaban J connectivity index is 1.23. The van der Waals surface area contributed by atoms with E-state index in [4.69, 9.17) is 0 Å². The van der Waals surface area contributed by atoms with Crippen molar-refractivity contribution in [3.8, 4) is 0 Å². The van der Waals surface area contributed by atoms with E-state index in [0.29, 0.717) is 17.7 Å². The van der Waals surface area contributed by atoms with Crippen LogP contribution in [0.25, 0.3) is 6.08 Å². The lowest BCUT2D eigenvalue weighted by Crippen LogP contribution is -2.35. The van der Waals surface area contributed by atoms with Gasteiger partial charge in [0.2, 0.25) is 5.91 Å². The zero-order valence-electron chi connectivity index (χ0n) is 25.4. The number of rotatable bonds is 9. The molecule has 0 bridgehead atoms. The monoisotopic (exact) mass is 719 g/mol. The molecule has 5 aromatic rings. The molecule has 0 saturated carbocycles. The molecule has 6 nitrogen and oxygen atoms in total. The van der Waals surface area contributed by atoms with Gasteiger partial charge in [-0.2, -0.15) is 0 Å². The standard InChI is InChI=1S/C38H30BrN3O3S2/c1-2-33(38(45)42-31-18-6-8-20-34(31)47-35-21-9-7-19-32(35)42)46-29-17-11-16-28(24-29)40-37(44)30(23-25-12-10-15-27(39)22-25)41-36(43)26-13-4-3-5-14-26/h3-24,33H,2H2,1H3,(H,40,44)(H,41,43)/b30-23+. The Kier molecular flexibility index (Phi) is 10.3. The van der Waals surface area contributed by atoms with E-state index in [1.165, 1.54) is 11.8 Å². The molecule has 9 heteroatoms. The lowest BCUT2D eigenvalue weighted by molar-refractivity contribution is -0.117. The predicted octanol–water partition coefficient (Wildman–Crippen LogP) is 9.56. The average molecular weight is 721 g/mol. The molecule has 3 amide bonds. The van der Waals surface area contributed by atoms with Crippen LogP contribution in [0.1, 0.15) is 29.3 Å². The van der Waals surface area contributed by atoms with Crippen LogP contribution < -0.4 is 15.5 Å². The van der Waals surface area contributed by atoms with Crippen LogP contribution in [0.4, 0.5) is 17.1 Å². The second-order valence-electron chi connectivity index (χ2n) is 10.6. The Morgan fingerprint density at radius 2 is 1.47 bits per heavy atom. The number of hydrogen-bond donors (Lipinski definition) is 2. The molecule has 0 aliphatic carbocycles. The molecular formula is C38H30BrN3O3S2. The average Bonchev–Trinajstić information content (AvgIpc) is 3.09. The van der Waals surface area contributed by atoms with Crippen molar-refractivity contribution in [1.82, 2.24) is 5.32 Å². The number of amides is 3. The van der Waals surface area contributed by atoms with Crippen molar-refractivity contribution in [1.29, 1.82) is 0 Å². The molecule has 5 aromatic carbocycles. The molecule has 1 aliphatic rings. The normalized spacial score (nSPS) is 12.8. The predicted molar refractivity (Wildman–Crippen MR) is 195 cm³/mol. The van der Waals surface area contributed by atoms with Gasteiger partial charge in [0.1, 0.15) is 5.70 Å². The van der Waals surface area contributed by atoms with Crippen LogP contribution in [0.5, 0.6) is 0 Å². The molecule has 47 heavy (non-hydrogen) atoms. The van der Waals surface area contributed by atoms with Crippen molar-refractivity contribution >= 4 is 80.3 Å². The Hall–Kier alpha value is -4.57. The van der Waals surface area contributed by atoms with Gasteiger partial charge in [0.25, 0.3) is 11.8 Å². The number of carbonyl (C=O) groups is 3. The highest BCUT2D eigenvalue weighted by atomic mass is 79.9. The third-order valence-electron chi connectivity index (χ3n) is 7.36. The van der Waals surface area contributed by atoms with Gasteiger partial charge in [-0.1, -0.05) is 95.3 Å². The summed E-state index contributed by atoms with van der Waals surface area (Å²) in [5.74, 6) is -0.872. The maximum Gasteiger partial charge on any atom is 0.272 e. The number of para-hydroxylation sites is 2. The van der Waals surface area contributed by atoms with Crippen LogP contribution in [0, 0.1) is 0 Å². The van der Waals surface area contributed by atoms with Crippen molar-refractivity contribution in [2.45, 2.75) is 33.3 Å². The summed E-state index contributed by atoms with van der Waals surface area (Å²) in [6.07, 6.45) is 2.25. The minimum absolute atomic E-state index is 0.00463. The number of halogens is 1. The number of fused-ring (bicyclic) bond motifs is 2. The van der Waals surface area contributed by atoms with E-state index in [2.05, 4.69) is 26.6 Å². The Bertz CT molecular complexity index is 1940. The van der Waals surface area contributed by atoms with Crippen LogP contribution >= 0.6 is 39.5 Å². The highest BCUT2D eigenvalue weighted by Gasteiger charge is 2.32. The van der Waals surface area contributed by atoms with E-state index >= 15 is 0 Å². The van der Waals surface area contributed by atoms with Crippen LogP contribution in [-0.2, 0) is 9.59 Å². The van der Waals surface area contributed by atoms with Crippen molar-refractivity contribution in [3.05, 3.63) is 149 Å². The molecule has 0 fully saturated rings. The summed E-state index contributed by atoms with van der Waals surface area (Å²) < 4.78 is 0.848. The van der Waals surface area contributed by atoms with E-state index in [-0.39, 0.29) is 16.9 Å². The molecule has 234 valence electrons. The molecule has 1 heterocycles. The fraction of sp³-hybridized carbons (Fsp3) is 0.0789. The summed E-state index contributed by atoms with van der Waals surface area (Å²) in [7, 11) is 0. The molecule has 2 N–H and O–H groups in total. The van der Waals surface area contributed by atoms with Gasteiger partial charge in [-0.15, -0.1) is 11.8 Å². The van der Waals surface area contributed by atoms with E-state index < -0.39 is 11.8 Å². The lowest BCUT2D eigenvalue weighted by atomic mass is 10.1. The van der Waals surface area contributed by atoms with Crippen molar-refractivity contribution in [2.75, 3.05) is 10.2 Å². The topological polar surface area (TPSA) is 78.5 Å². The summed E-state index contributed by atoms with van der Waals surface area (Å²) in [5.41, 5.74) is 3.57. The van der Waals surface area contributed by atoms with Crippen molar-refractivity contribution < 1.29 is 14.4 Å². The molecule has 6 rings (SSSR count). The zero-order chi connectivity index (χ0) is 32.8. The first-order chi connectivity index (χ1) is 22.9. The van der Waals surface area contributed by atoms with Gasteiger partial charge >= 0.3 is 0 Å². The minimum Gasteiger partial charge on any atom is -0.321 e. The maximum atomic E-state index is 14.2. The summed E-state index contributed by atoms with van der Waals surface area (Å²) >= 11 is 6.60. The van der Waals surface area contributed by atoms with Crippen LogP contribution in [-0.4, -0.2) is 23.0 Å². The molecule has 1 aliphatic heterocycles. The minimum atomic E-state index is -0.474. The fourth-order valence-electron chi connectivity index (χ4n) is 5.11. The van der Waals surface area contributed by atoms with E-state index in [1.807, 2.05) is 109 Å². The molecule has 0 spiro atoms. The number of carbonyl (C=O) groups excluding carboxylic acids is 3. The number of benzene rings is 5. The number of anilines is 3. The van der Waals surface area contributed by atoms with Gasteiger partial charge in [0.15, 0.2) is 0 Å². The summed E-state index contributed by atoms with van der Waals surface area (Å²) in [5, 5.41) is 5.35. The Morgan fingerprint density at radius 3 is 2.15 bits per heavy atom. The quantitative estimate of drug-likeness (QED) is 0.117. The van der Waals surface area contributed by atoms with Gasteiger partial charge in [-0.25, -0.2) is 0 Å². The fourth-order valence-corrected chi connectivity index (χ4v) is 7.64. The largest absolute Gasteiger partial charge is 0.321 e. The van der Waals surface area contributed by atoms with Gasteiger partial charge in [-0.3, -0.25) is 19.3 Å². The van der Waals surface area contributed by atoms with Crippen molar-refractivity contribution in [3.63, 3.8) is 0 Å². The van der Waals surface area contributed by atoms with Gasteiger partial charge in [-0.05, 0) is 84.8 Å². The molecule has 0 radical (unpaired) electrons. The molecule has 1 unspecified atom stereocenters. The third-order valence-corrected chi connectivity index (χ3v) is 10.3. The maximum absolute atomic E-state index is 14.2. The van der Waals surface area contributed by atoms with Crippen LogP contribution in [0.2, 0.25) is 0 Å². The summed E-state index contributed by atoms with van der Waals surface area (Å²) in [6.45, 7) is 2.01. The Labute approximate surface area is 290 Å². The van der Waals surface area contributed by atoms with Crippen LogP contribution in [0.15, 0.2) is 152 Å². The van der Waals surface area contributed by atoms with E-state index in [0.717, 1.165) is 36.1 Å². The first-order valence-electron chi connectivity index (χ1n) is 15.0. The molecule has 1 atom stereocenters. The SMILES string of the molecule is CCC(Sc1cccc(NC(=O)/C(=C\c2cccc(Br)c2)NC(=O)c2ccccc2)c1)C(=O)N1c2ccccc2Sc2ccccc21. The molecule has 0 aromatic heterocycles. The third kappa shape index (κ3) is 7.71. The number of nitrogens with zero attached hydrogens (tertiary/aromatic N) is 1. The first-order valence-corrected chi connectivity index (χ1v) is 17.5.